The van der Waals surface area contributed by atoms with E-state index in [4.69, 9.17) is 0 Å². The highest BCUT2D eigenvalue weighted by Gasteiger charge is 2.08. The van der Waals surface area contributed by atoms with Crippen LogP contribution in [0.1, 0.15) is 37.0 Å². The Balaban J connectivity index is 2.41. The van der Waals surface area contributed by atoms with E-state index in [1.807, 2.05) is 31.2 Å². The third-order valence-electron chi connectivity index (χ3n) is 3.13. The van der Waals surface area contributed by atoms with Gasteiger partial charge in [0.2, 0.25) is 0 Å². The molecule has 112 valence electrons. The van der Waals surface area contributed by atoms with E-state index in [9.17, 15) is 9.00 Å². The molecule has 4 nitrogen and oxygen atoms in total. The zero-order chi connectivity index (χ0) is 15.0. The summed E-state index contributed by atoms with van der Waals surface area (Å²) in [5.74, 6) is -0.0823. The molecule has 0 aliphatic rings. The molecule has 0 aromatic heterocycles. The monoisotopic (exact) mass is 296 g/mol. The predicted octanol–water partition coefficient (Wildman–Crippen LogP) is 2.40. The van der Waals surface area contributed by atoms with Gasteiger partial charge in [-0.25, -0.2) is 0 Å². The van der Waals surface area contributed by atoms with E-state index >= 15 is 0 Å². The maximum Gasteiger partial charge on any atom is 0.251 e. The van der Waals surface area contributed by atoms with E-state index in [0.29, 0.717) is 12.1 Å². The third-order valence-corrected chi connectivity index (χ3v) is 4.50. The molecule has 0 bridgehead atoms. The SMILES string of the molecule is CCCNc1ccc(C(=O)NCCC(C)S(C)=O)cc1. The first-order valence-electron chi connectivity index (χ1n) is 6.99. The van der Waals surface area contributed by atoms with Gasteiger partial charge >= 0.3 is 0 Å². The molecule has 0 aliphatic carbocycles. The largest absolute Gasteiger partial charge is 0.385 e. The van der Waals surface area contributed by atoms with Gasteiger partial charge in [0, 0.05) is 46.6 Å². The normalized spacial score (nSPS) is 13.6. The lowest BCUT2D eigenvalue weighted by atomic mass is 10.2. The van der Waals surface area contributed by atoms with Crippen molar-refractivity contribution in [2.45, 2.75) is 31.9 Å². The fourth-order valence-corrected chi connectivity index (χ4v) is 2.12. The maximum absolute atomic E-state index is 11.9. The van der Waals surface area contributed by atoms with Crippen LogP contribution in [0, 0.1) is 0 Å². The first-order chi connectivity index (χ1) is 9.54. The smallest absolute Gasteiger partial charge is 0.251 e. The number of hydrogen-bond acceptors (Lipinski definition) is 3. The number of amides is 1. The van der Waals surface area contributed by atoms with E-state index in [2.05, 4.69) is 17.6 Å². The number of rotatable bonds is 8. The van der Waals surface area contributed by atoms with Crippen molar-refractivity contribution in [3.8, 4) is 0 Å². The molecule has 2 N–H and O–H groups in total. The van der Waals surface area contributed by atoms with E-state index in [1.165, 1.54) is 0 Å². The van der Waals surface area contributed by atoms with Gasteiger partial charge in [-0.15, -0.1) is 0 Å². The Hall–Kier alpha value is -1.36. The van der Waals surface area contributed by atoms with Gasteiger partial charge in [-0.05, 0) is 37.1 Å². The molecule has 0 heterocycles. The van der Waals surface area contributed by atoms with Gasteiger partial charge in [0.05, 0.1) is 0 Å². The van der Waals surface area contributed by atoms with Gasteiger partial charge in [-0.2, -0.15) is 0 Å². The van der Waals surface area contributed by atoms with Gasteiger partial charge in [-0.3, -0.25) is 9.00 Å². The van der Waals surface area contributed by atoms with Gasteiger partial charge in [-0.1, -0.05) is 13.8 Å². The second kappa shape index (κ2) is 8.74. The van der Waals surface area contributed by atoms with Crippen LogP contribution in [0.3, 0.4) is 0 Å². The molecule has 2 atom stereocenters. The van der Waals surface area contributed by atoms with Gasteiger partial charge in [0.1, 0.15) is 0 Å². The summed E-state index contributed by atoms with van der Waals surface area (Å²) >= 11 is 0. The van der Waals surface area contributed by atoms with Gasteiger partial charge < -0.3 is 10.6 Å². The number of hydrogen-bond donors (Lipinski definition) is 2. The van der Waals surface area contributed by atoms with Gasteiger partial charge in [0.15, 0.2) is 0 Å². The zero-order valence-electron chi connectivity index (χ0n) is 12.4. The zero-order valence-corrected chi connectivity index (χ0v) is 13.3. The van der Waals surface area contributed by atoms with Crippen molar-refractivity contribution in [1.82, 2.24) is 5.32 Å². The van der Waals surface area contributed by atoms with Crippen molar-refractivity contribution in [3.63, 3.8) is 0 Å². The molecule has 0 saturated heterocycles. The molecule has 0 saturated carbocycles. The minimum absolute atomic E-state index is 0.0823. The van der Waals surface area contributed by atoms with Crippen molar-refractivity contribution >= 4 is 22.4 Å². The highest BCUT2D eigenvalue weighted by molar-refractivity contribution is 7.84. The quantitative estimate of drug-likeness (QED) is 0.774. The van der Waals surface area contributed by atoms with Crippen LogP contribution in [0.5, 0.6) is 0 Å². The van der Waals surface area contributed by atoms with Crippen LogP contribution >= 0.6 is 0 Å². The summed E-state index contributed by atoms with van der Waals surface area (Å²) in [6, 6.07) is 7.45. The Bertz CT molecular complexity index is 446. The van der Waals surface area contributed by atoms with Crippen LogP contribution in [0.4, 0.5) is 5.69 Å². The molecule has 1 aromatic rings. The third kappa shape index (κ3) is 5.74. The van der Waals surface area contributed by atoms with Crippen molar-refractivity contribution in [2.24, 2.45) is 0 Å². The maximum atomic E-state index is 11.9. The molecule has 20 heavy (non-hydrogen) atoms. The number of anilines is 1. The van der Waals surface area contributed by atoms with E-state index in [0.717, 1.165) is 25.1 Å². The Morgan fingerprint density at radius 3 is 2.45 bits per heavy atom. The summed E-state index contributed by atoms with van der Waals surface area (Å²) < 4.78 is 11.2. The Kier molecular flexibility index (Phi) is 7.30. The second-order valence-corrected chi connectivity index (χ2v) is 6.66. The number of carbonyl (C=O) groups excluding carboxylic acids is 1. The lowest BCUT2D eigenvalue weighted by molar-refractivity contribution is 0.0953. The first-order valence-corrected chi connectivity index (χ1v) is 8.61. The van der Waals surface area contributed by atoms with Gasteiger partial charge in [0.25, 0.3) is 5.91 Å². The van der Waals surface area contributed by atoms with E-state index in [1.54, 1.807) is 6.26 Å². The Morgan fingerprint density at radius 2 is 1.90 bits per heavy atom. The fraction of sp³-hybridized carbons (Fsp3) is 0.533. The fourth-order valence-electron chi connectivity index (χ4n) is 1.67. The van der Waals surface area contributed by atoms with Crippen LogP contribution < -0.4 is 10.6 Å². The predicted molar refractivity (Wildman–Crippen MR) is 85.7 cm³/mol. The number of carbonyl (C=O) groups is 1. The molecular weight excluding hydrogens is 272 g/mol. The van der Waals surface area contributed by atoms with Crippen LogP contribution in [0.2, 0.25) is 0 Å². The molecule has 5 heteroatoms. The Morgan fingerprint density at radius 1 is 1.25 bits per heavy atom. The highest BCUT2D eigenvalue weighted by atomic mass is 32.2. The van der Waals surface area contributed by atoms with Crippen molar-refractivity contribution in [2.75, 3.05) is 24.7 Å². The van der Waals surface area contributed by atoms with E-state index in [-0.39, 0.29) is 11.2 Å². The molecule has 0 fully saturated rings. The van der Waals surface area contributed by atoms with Crippen LogP contribution in [-0.2, 0) is 10.8 Å². The summed E-state index contributed by atoms with van der Waals surface area (Å²) in [5.41, 5.74) is 1.68. The molecule has 0 spiro atoms. The molecule has 1 rings (SSSR count). The molecule has 0 aliphatic heterocycles. The molecule has 1 amide bonds. The number of nitrogens with one attached hydrogen (secondary N) is 2. The standard InChI is InChI=1S/C15H24N2O2S/c1-4-10-16-14-7-5-13(6-8-14)15(18)17-11-9-12(2)20(3)19/h5-8,12,16H,4,9-11H2,1-3H3,(H,17,18). The summed E-state index contributed by atoms with van der Waals surface area (Å²) in [4.78, 5) is 11.9. The Labute approximate surface area is 123 Å². The summed E-state index contributed by atoms with van der Waals surface area (Å²) in [5, 5.41) is 6.23. The average molecular weight is 296 g/mol. The first kappa shape index (κ1) is 16.7. The highest BCUT2D eigenvalue weighted by Crippen LogP contribution is 2.09. The minimum Gasteiger partial charge on any atom is -0.385 e. The molecular formula is C15H24N2O2S. The second-order valence-electron chi connectivity index (χ2n) is 4.86. The molecule has 0 radical (unpaired) electrons. The minimum atomic E-state index is -0.836. The summed E-state index contributed by atoms with van der Waals surface area (Å²) in [6.45, 7) is 5.52. The summed E-state index contributed by atoms with van der Waals surface area (Å²) in [6.07, 6.45) is 3.48. The van der Waals surface area contributed by atoms with Crippen molar-refractivity contribution < 1.29 is 9.00 Å². The molecule has 2 unspecified atom stereocenters. The topological polar surface area (TPSA) is 58.2 Å². The van der Waals surface area contributed by atoms with Crippen LogP contribution in [0.15, 0.2) is 24.3 Å². The van der Waals surface area contributed by atoms with Crippen LogP contribution in [-0.4, -0.2) is 34.7 Å². The lowest BCUT2D eigenvalue weighted by Crippen LogP contribution is -2.27. The van der Waals surface area contributed by atoms with E-state index < -0.39 is 10.8 Å². The van der Waals surface area contributed by atoms with Crippen molar-refractivity contribution in [1.29, 1.82) is 0 Å². The van der Waals surface area contributed by atoms with Crippen LogP contribution in [0.25, 0.3) is 0 Å². The summed E-state index contributed by atoms with van der Waals surface area (Å²) in [7, 11) is -0.836. The number of benzene rings is 1. The average Bonchev–Trinajstić information content (AvgIpc) is 2.45. The van der Waals surface area contributed by atoms with Crippen molar-refractivity contribution in [3.05, 3.63) is 29.8 Å². The lowest BCUT2D eigenvalue weighted by Gasteiger charge is -2.10. The molecule has 1 aromatic carbocycles.